The Kier molecular flexibility index (Phi) is 3.57. The number of nitrogens with zero attached hydrogens (tertiary/aromatic N) is 6. The highest BCUT2D eigenvalue weighted by atomic mass is 15.4. The molecule has 3 aliphatic rings. The predicted octanol–water partition coefficient (Wildman–Crippen LogP) is 1.96. The van der Waals surface area contributed by atoms with Crippen LogP contribution in [0.4, 0.5) is 11.6 Å². The Morgan fingerprint density at radius 2 is 1.80 bits per heavy atom. The third kappa shape index (κ3) is 2.55. The summed E-state index contributed by atoms with van der Waals surface area (Å²) >= 11 is 0. The van der Waals surface area contributed by atoms with Crippen LogP contribution in [0, 0.1) is 0 Å². The Bertz CT molecular complexity index is 798. The number of hydrogen-bond donors (Lipinski definition) is 0. The van der Waals surface area contributed by atoms with Crippen molar-refractivity contribution in [3.8, 4) is 0 Å². The molecule has 2 aliphatic carbocycles. The van der Waals surface area contributed by atoms with Crippen molar-refractivity contribution in [3.05, 3.63) is 34.9 Å². The smallest absolute Gasteiger partial charge is 0.151 e. The fraction of sp³-hybridized carbons (Fsp3) is 0.579. The maximum atomic E-state index is 4.61. The molecule has 0 N–H and O–H groups in total. The lowest BCUT2D eigenvalue weighted by atomic mass is 9.95. The third-order valence-electron chi connectivity index (χ3n) is 5.98. The maximum absolute atomic E-state index is 4.61. The third-order valence-corrected chi connectivity index (χ3v) is 5.98. The minimum atomic E-state index is 0.482. The molecule has 3 heterocycles. The Morgan fingerprint density at radius 3 is 2.72 bits per heavy atom. The van der Waals surface area contributed by atoms with E-state index in [1.807, 2.05) is 0 Å². The van der Waals surface area contributed by atoms with Crippen LogP contribution in [0.5, 0.6) is 0 Å². The van der Waals surface area contributed by atoms with E-state index in [9.17, 15) is 0 Å². The van der Waals surface area contributed by atoms with Crippen molar-refractivity contribution in [1.82, 2.24) is 20.2 Å². The first-order valence-corrected chi connectivity index (χ1v) is 9.45. The van der Waals surface area contributed by atoms with E-state index >= 15 is 0 Å². The maximum Gasteiger partial charge on any atom is 0.151 e. The first kappa shape index (κ1) is 15.0. The first-order valence-electron chi connectivity index (χ1n) is 9.45. The minimum absolute atomic E-state index is 0.482. The molecule has 0 spiro atoms. The van der Waals surface area contributed by atoms with Crippen molar-refractivity contribution >= 4 is 11.6 Å². The highest BCUT2D eigenvalue weighted by Gasteiger charge is 2.34. The lowest BCUT2D eigenvalue weighted by Gasteiger charge is -2.45. The number of likely N-dealkylation sites (N-methyl/N-ethyl adjacent to an activating group) is 1. The number of fused-ring (bicyclic) bond motifs is 2. The van der Waals surface area contributed by atoms with Gasteiger partial charge < -0.3 is 9.80 Å². The van der Waals surface area contributed by atoms with E-state index in [-0.39, 0.29) is 0 Å². The second-order valence-electron chi connectivity index (χ2n) is 7.53. The summed E-state index contributed by atoms with van der Waals surface area (Å²) in [6.07, 6.45) is 9.91. The second-order valence-corrected chi connectivity index (χ2v) is 7.53. The van der Waals surface area contributed by atoms with Gasteiger partial charge in [-0.05, 0) is 56.6 Å². The normalized spacial score (nSPS) is 19.3. The molecule has 5 rings (SSSR count). The summed E-state index contributed by atoms with van der Waals surface area (Å²) in [6, 6.07) is 2.73. The van der Waals surface area contributed by atoms with Crippen molar-refractivity contribution < 1.29 is 0 Å². The SMILES string of the molecule is CN(c1ncnc2c1CCCC2)C1CN(c2cc3c(nn2)CCC3)C1. The van der Waals surface area contributed by atoms with Crippen molar-refractivity contribution in [2.75, 3.05) is 29.9 Å². The summed E-state index contributed by atoms with van der Waals surface area (Å²) in [7, 11) is 2.17. The molecule has 0 bridgehead atoms. The van der Waals surface area contributed by atoms with Crippen molar-refractivity contribution in [2.45, 2.75) is 51.0 Å². The van der Waals surface area contributed by atoms with E-state index < -0.39 is 0 Å². The van der Waals surface area contributed by atoms with Crippen LogP contribution >= 0.6 is 0 Å². The summed E-state index contributed by atoms with van der Waals surface area (Å²) in [4.78, 5) is 13.8. The summed E-state index contributed by atoms with van der Waals surface area (Å²) in [5.41, 5.74) is 5.22. The van der Waals surface area contributed by atoms with Crippen LogP contribution in [0.15, 0.2) is 12.4 Å². The zero-order chi connectivity index (χ0) is 16.8. The van der Waals surface area contributed by atoms with E-state index in [1.165, 1.54) is 41.8 Å². The van der Waals surface area contributed by atoms with Crippen molar-refractivity contribution in [2.24, 2.45) is 0 Å². The zero-order valence-electron chi connectivity index (χ0n) is 14.8. The average Bonchev–Trinajstić information content (AvgIpc) is 3.07. The topological polar surface area (TPSA) is 58.0 Å². The molecule has 2 aromatic heterocycles. The highest BCUT2D eigenvalue weighted by molar-refractivity contribution is 5.53. The van der Waals surface area contributed by atoms with Gasteiger partial charge in [-0.3, -0.25) is 0 Å². The molecule has 1 saturated heterocycles. The summed E-state index contributed by atoms with van der Waals surface area (Å²) < 4.78 is 0. The van der Waals surface area contributed by atoms with Crippen LogP contribution < -0.4 is 9.80 Å². The Morgan fingerprint density at radius 1 is 0.960 bits per heavy atom. The molecule has 1 fully saturated rings. The van der Waals surface area contributed by atoms with Gasteiger partial charge in [0.25, 0.3) is 0 Å². The summed E-state index contributed by atoms with van der Waals surface area (Å²) in [5.74, 6) is 2.17. The summed E-state index contributed by atoms with van der Waals surface area (Å²) in [6.45, 7) is 1.98. The van der Waals surface area contributed by atoms with Gasteiger partial charge >= 0.3 is 0 Å². The fourth-order valence-electron chi connectivity index (χ4n) is 4.34. The van der Waals surface area contributed by atoms with E-state index in [4.69, 9.17) is 0 Å². The second kappa shape index (κ2) is 5.93. The molecule has 0 unspecified atom stereocenters. The van der Waals surface area contributed by atoms with Gasteiger partial charge in [0.05, 0.1) is 11.7 Å². The van der Waals surface area contributed by atoms with Crippen LogP contribution in [-0.4, -0.2) is 46.3 Å². The minimum Gasteiger partial charge on any atom is -0.353 e. The van der Waals surface area contributed by atoms with Crippen molar-refractivity contribution in [3.63, 3.8) is 0 Å². The number of aryl methyl sites for hydroxylation is 3. The standard InChI is InChI=1S/C19H24N6/c1-24(19-15-6-2-3-7-17(15)20-12-21-19)14-10-25(11-14)18-9-13-5-4-8-16(13)22-23-18/h9,12,14H,2-8,10-11H2,1H3. The largest absolute Gasteiger partial charge is 0.353 e. The molecule has 1 aliphatic heterocycles. The van der Waals surface area contributed by atoms with E-state index in [0.717, 1.165) is 50.4 Å². The van der Waals surface area contributed by atoms with Gasteiger partial charge in [-0.1, -0.05) is 0 Å². The Hall–Kier alpha value is -2.24. The van der Waals surface area contributed by atoms with Gasteiger partial charge in [0, 0.05) is 31.4 Å². The predicted molar refractivity (Wildman–Crippen MR) is 97.1 cm³/mol. The van der Waals surface area contributed by atoms with Gasteiger partial charge in [-0.25, -0.2) is 9.97 Å². The molecule has 0 radical (unpaired) electrons. The molecule has 0 amide bonds. The van der Waals surface area contributed by atoms with Gasteiger partial charge in [-0.15, -0.1) is 5.10 Å². The number of hydrogen-bond acceptors (Lipinski definition) is 6. The monoisotopic (exact) mass is 336 g/mol. The lowest BCUT2D eigenvalue weighted by molar-refractivity contribution is 0.484. The van der Waals surface area contributed by atoms with Crippen LogP contribution in [0.1, 0.15) is 41.8 Å². The molecule has 0 saturated carbocycles. The van der Waals surface area contributed by atoms with Gasteiger partial charge in [0.2, 0.25) is 0 Å². The van der Waals surface area contributed by atoms with Gasteiger partial charge in [0.1, 0.15) is 12.1 Å². The van der Waals surface area contributed by atoms with Crippen LogP contribution in [0.25, 0.3) is 0 Å². The first-order chi connectivity index (χ1) is 12.3. The molecule has 0 atom stereocenters. The van der Waals surface area contributed by atoms with Crippen molar-refractivity contribution in [1.29, 1.82) is 0 Å². The number of rotatable bonds is 3. The Balaban J connectivity index is 1.31. The van der Waals surface area contributed by atoms with E-state index in [0.29, 0.717) is 6.04 Å². The molecule has 6 heteroatoms. The highest BCUT2D eigenvalue weighted by Crippen LogP contribution is 2.31. The molecule has 130 valence electrons. The van der Waals surface area contributed by atoms with Crippen LogP contribution in [0.3, 0.4) is 0 Å². The number of aromatic nitrogens is 4. The molecular weight excluding hydrogens is 312 g/mol. The average molecular weight is 336 g/mol. The Labute approximate surface area is 148 Å². The summed E-state index contributed by atoms with van der Waals surface area (Å²) in [5, 5.41) is 8.86. The molecule has 2 aromatic rings. The molecule has 0 aromatic carbocycles. The quantitative estimate of drug-likeness (QED) is 0.854. The van der Waals surface area contributed by atoms with Gasteiger partial charge in [0.15, 0.2) is 5.82 Å². The van der Waals surface area contributed by atoms with Crippen LogP contribution in [-0.2, 0) is 25.7 Å². The van der Waals surface area contributed by atoms with Gasteiger partial charge in [-0.2, -0.15) is 5.10 Å². The molecule has 6 nitrogen and oxygen atoms in total. The number of anilines is 2. The van der Waals surface area contributed by atoms with Crippen LogP contribution in [0.2, 0.25) is 0 Å². The zero-order valence-corrected chi connectivity index (χ0v) is 14.8. The molecule has 25 heavy (non-hydrogen) atoms. The van der Waals surface area contributed by atoms with E-state index in [2.05, 4.69) is 43.1 Å². The van der Waals surface area contributed by atoms with E-state index in [1.54, 1.807) is 6.33 Å². The lowest BCUT2D eigenvalue weighted by Crippen LogP contribution is -2.59. The molecular formula is C19H24N6. The fourth-order valence-corrected chi connectivity index (χ4v) is 4.34.